The van der Waals surface area contributed by atoms with Crippen LogP contribution in [0.3, 0.4) is 0 Å². The summed E-state index contributed by atoms with van der Waals surface area (Å²) >= 11 is 0. The van der Waals surface area contributed by atoms with E-state index in [9.17, 15) is 9.90 Å². The summed E-state index contributed by atoms with van der Waals surface area (Å²) in [5.74, 6) is 0.0909. The molecule has 13 heavy (non-hydrogen) atoms. The monoisotopic (exact) mass is 181 g/mol. The van der Waals surface area contributed by atoms with Gasteiger partial charge in [-0.25, -0.2) is 0 Å². The van der Waals surface area contributed by atoms with E-state index in [1.807, 2.05) is 6.92 Å². The number of nitrogens with zero attached hydrogens (tertiary/aromatic N) is 1. The van der Waals surface area contributed by atoms with E-state index in [-0.39, 0.29) is 11.5 Å². The van der Waals surface area contributed by atoms with Crippen LogP contribution in [0.5, 0.6) is 0 Å². The maximum Gasteiger partial charge on any atom is 0.164 e. The van der Waals surface area contributed by atoms with Gasteiger partial charge in [0.15, 0.2) is 5.78 Å². The fourth-order valence-electron chi connectivity index (χ4n) is 1.49. The normalized spacial score (nSPS) is 18.2. The van der Waals surface area contributed by atoms with Gasteiger partial charge in [0.25, 0.3) is 0 Å². The lowest BCUT2D eigenvalue weighted by Crippen LogP contribution is -2.11. The van der Waals surface area contributed by atoms with Crippen molar-refractivity contribution in [3.8, 4) is 0 Å². The molecule has 0 aliphatic carbocycles. The molecule has 1 aliphatic heterocycles. The van der Waals surface area contributed by atoms with E-state index < -0.39 is 0 Å². The van der Waals surface area contributed by atoms with Gasteiger partial charge >= 0.3 is 0 Å². The van der Waals surface area contributed by atoms with Crippen molar-refractivity contribution >= 4 is 11.5 Å². The van der Waals surface area contributed by atoms with Crippen molar-refractivity contribution in [1.29, 1.82) is 0 Å². The summed E-state index contributed by atoms with van der Waals surface area (Å²) in [7, 11) is 0. The molecule has 0 bridgehead atoms. The molecule has 0 saturated carbocycles. The molecule has 0 fully saturated rings. The second kappa shape index (κ2) is 4.21. The molecule has 0 aromatic heterocycles. The number of carbonyl (C=O) groups excluding carboxylic acids is 1. The molecule has 1 rings (SSSR count). The highest BCUT2D eigenvalue weighted by Gasteiger charge is 2.19. The van der Waals surface area contributed by atoms with Gasteiger partial charge in [-0.05, 0) is 19.8 Å². The van der Waals surface area contributed by atoms with E-state index in [1.165, 1.54) is 6.92 Å². The lowest BCUT2D eigenvalue weighted by Gasteiger charge is -2.05. The zero-order valence-electron chi connectivity index (χ0n) is 8.13. The summed E-state index contributed by atoms with van der Waals surface area (Å²) in [4.78, 5) is 15.4. The molecule has 3 heteroatoms. The van der Waals surface area contributed by atoms with Crippen molar-refractivity contribution in [3.63, 3.8) is 0 Å². The largest absolute Gasteiger partial charge is 0.512 e. The summed E-state index contributed by atoms with van der Waals surface area (Å²) in [5, 5.41) is 9.53. The second-order valence-electron chi connectivity index (χ2n) is 3.16. The zero-order valence-corrected chi connectivity index (χ0v) is 8.13. The van der Waals surface area contributed by atoms with Gasteiger partial charge in [0, 0.05) is 18.7 Å². The van der Waals surface area contributed by atoms with Gasteiger partial charge in [-0.1, -0.05) is 6.92 Å². The molecule has 0 unspecified atom stereocenters. The smallest absolute Gasteiger partial charge is 0.164 e. The first-order valence-electron chi connectivity index (χ1n) is 4.63. The Morgan fingerprint density at radius 1 is 1.62 bits per heavy atom. The number of allylic oxidation sites excluding steroid dienone is 2. The fraction of sp³-hybridized carbons (Fsp3) is 0.600. The topological polar surface area (TPSA) is 49.7 Å². The minimum atomic E-state index is -0.0833. The SMILES string of the molecule is CCC(O)=C(C(C)=O)C1=NCCC1. The van der Waals surface area contributed by atoms with Crippen molar-refractivity contribution in [2.75, 3.05) is 6.54 Å². The van der Waals surface area contributed by atoms with E-state index in [0.717, 1.165) is 25.1 Å². The highest BCUT2D eigenvalue weighted by Crippen LogP contribution is 2.16. The Balaban J connectivity index is 2.98. The maximum absolute atomic E-state index is 11.2. The van der Waals surface area contributed by atoms with E-state index >= 15 is 0 Å². The Morgan fingerprint density at radius 3 is 2.69 bits per heavy atom. The lowest BCUT2D eigenvalue weighted by molar-refractivity contribution is -0.113. The first kappa shape index (κ1) is 9.96. The fourth-order valence-corrected chi connectivity index (χ4v) is 1.49. The Kier molecular flexibility index (Phi) is 3.23. The molecule has 0 aromatic carbocycles. The number of hydrogen-bond acceptors (Lipinski definition) is 3. The van der Waals surface area contributed by atoms with Gasteiger partial charge in [-0.15, -0.1) is 0 Å². The van der Waals surface area contributed by atoms with E-state index in [2.05, 4.69) is 4.99 Å². The first-order valence-corrected chi connectivity index (χ1v) is 4.63. The third-order valence-electron chi connectivity index (χ3n) is 2.14. The van der Waals surface area contributed by atoms with Crippen LogP contribution in [0, 0.1) is 0 Å². The summed E-state index contributed by atoms with van der Waals surface area (Å²) in [6, 6.07) is 0. The minimum Gasteiger partial charge on any atom is -0.512 e. The number of rotatable bonds is 3. The summed E-state index contributed by atoms with van der Waals surface area (Å²) < 4.78 is 0. The summed E-state index contributed by atoms with van der Waals surface area (Å²) in [6.07, 6.45) is 2.30. The molecule has 0 spiro atoms. The molecule has 1 N–H and O–H groups in total. The van der Waals surface area contributed by atoms with Gasteiger partial charge in [0.1, 0.15) is 5.76 Å². The van der Waals surface area contributed by atoms with Crippen LogP contribution in [0.2, 0.25) is 0 Å². The predicted octanol–water partition coefficient (Wildman–Crippen LogP) is 2.03. The highest BCUT2D eigenvalue weighted by atomic mass is 16.3. The summed E-state index contributed by atoms with van der Waals surface area (Å²) in [5.41, 5.74) is 1.23. The predicted molar refractivity (Wildman–Crippen MR) is 52.2 cm³/mol. The quantitative estimate of drug-likeness (QED) is 0.535. The summed E-state index contributed by atoms with van der Waals surface area (Å²) in [6.45, 7) is 4.08. The number of ketones is 1. The molecule has 1 aliphatic rings. The number of carbonyl (C=O) groups is 1. The Hall–Kier alpha value is -1.12. The van der Waals surface area contributed by atoms with E-state index in [1.54, 1.807) is 0 Å². The molecule has 0 aromatic rings. The second-order valence-corrected chi connectivity index (χ2v) is 3.16. The van der Waals surface area contributed by atoms with E-state index in [0.29, 0.717) is 12.0 Å². The molecule has 0 saturated heterocycles. The van der Waals surface area contributed by atoms with E-state index in [4.69, 9.17) is 0 Å². The van der Waals surface area contributed by atoms with Crippen molar-refractivity contribution in [3.05, 3.63) is 11.3 Å². The van der Waals surface area contributed by atoms with Crippen LogP contribution in [0.4, 0.5) is 0 Å². The zero-order chi connectivity index (χ0) is 9.84. The van der Waals surface area contributed by atoms with Crippen LogP contribution in [-0.4, -0.2) is 23.1 Å². The molecule has 3 nitrogen and oxygen atoms in total. The number of aliphatic hydroxyl groups excluding tert-OH is 1. The average molecular weight is 181 g/mol. The van der Waals surface area contributed by atoms with Gasteiger partial charge in [-0.2, -0.15) is 0 Å². The lowest BCUT2D eigenvalue weighted by atomic mass is 10.0. The molecular weight excluding hydrogens is 166 g/mol. The molecule has 0 radical (unpaired) electrons. The number of aliphatic imine (C=N–C) groups is 1. The van der Waals surface area contributed by atoms with Crippen LogP contribution in [0.1, 0.15) is 33.1 Å². The molecule has 0 atom stereocenters. The average Bonchev–Trinajstić information content (AvgIpc) is 2.56. The van der Waals surface area contributed by atoms with Gasteiger partial charge in [0.2, 0.25) is 0 Å². The molecule has 1 heterocycles. The molecule has 0 amide bonds. The van der Waals surface area contributed by atoms with Crippen LogP contribution in [0.25, 0.3) is 0 Å². The number of aliphatic hydroxyl groups is 1. The standard InChI is InChI=1S/C10H15NO2/c1-3-9(13)10(7(2)12)8-5-4-6-11-8/h13H,3-6H2,1-2H3. The minimum absolute atomic E-state index is 0.0833. The third-order valence-corrected chi connectivity index (χ3v) is 2.14. The maximum atomic E-state index is 11.2. The molecular formula is C10H15NO2. The van der Waals surface area contributed by atoms with Crippen LogP contribution in [-0.2, 0) is 4.79 Å². The van der Waals surface area contributed by atoms with Gasteiger partial charge in [0.05, 0.1) is 5.57 Å². The van der Waals surface area contributed by atoms with Crippen LogP contribution >= 0.6 is 0 Å². The van der Waals surface area contributed by atoms with Gasteiger partial charge in [-0.3, -0.25) is 9.79 Å². The van der Waals surface area contributed by atoms with Crippen molar-refractivity contribution in [2.24, 2.45) is 4.99 Å². The van der Waals surface area contributed by atoms with Crippen molar-refractivity contribution in [2.45, 2.75) is 33.1 Å². The highest BCUT2D eigenvalue weighted by molar-refractivity contribution is 6.22. The van der Waals surface area contributed by atoms with Crippen molar-refractivity contribution < 1.29 is 9.90 Å². The Morgan fingerprint density at radius 2 is 2.31 bits per heavy atom. The Labute approximate surface area is 78.2 Å². The third kappa shape index (κ3) is 2.17. The number of hydrogen-bond donors (Lipinski definition) is 1. The Bertz CT molecular complexity index is 277. The molecule has 72 valence electrons. The van der Waals surface area contributed by atoms with Crippen molar-refractivity contribution in [1.82, 2.24) is 0 Å². The number of Topliss-reactive ketones (excluding diaryl/α,β-unsaturated/α-hetero) is 1. The van der Waals surface area contributed by atoms with Crippen LogP contribution < -0.4 is 0 Å². The first-order chi connectivity index (χ1) is 6.16. The van der Waals surface area contributed by atoms with Gasteiger partial charge < -0.3 is 5.11 Å². The van der Waals surface area contributed by atoms with Crippen LogP contribution in [0.15, 0.2) is 16.3 Å².